The standard InChI is InChI=1S/C26H27N3O3/c1-18-8-12-22(13-9-18)32-17-16-29-24-7-5-4-6-23(24)28-25(29)19(2)27-26(30)20-10-14-21(31-3)15-11-20/h4-15,19H,16-17H2,1-3H3,(H,27,30). The number of hydrogen-bond donors (Lipinski definition) is 1. The van der Waals surface area contributed by atoms with Crippen LogP contribution >= 0.6 is 0 Å². The number of para-hydroxylation sites is 2. The number of carbonyl (C=O) groups is 1. The number of rotatable bonds is 8. The quantitative estimate of drug-likeness (QED) is 0.432. The molecule has 0 bridgehead atoms. The predicted octanol–water partition coefficient (Wildman–Crippen LogP) is 4.92. The van der Waals surface area contributed by atoms with E-state index in [0.29, 0.717) is 24.5 Å². The molecule has 1 atom stereocenters. The van der Waals surface area contributed by atoms with E-state index in [1.165, 1.54) is 5.56 Å². The largest absolute Gasteiger partial charge is 0.497 e. The Morgan fingerprint density at radius 2 is 1.69 bits per heavy atom. The highest BCUT2D eigenvalue weighted by molar-refractivity contribution is 5.94. The van der Waals surface area contributed by atoms with Crippen molar-refractivity contribution < 1.29 is 14.3 Å². The summed E-state index contributed by atoms with van der Waals surface area (Å²) in [5.41, 5.74) is 3.67. The molecule has 1 N–H and O–H groups in total. The second-order valence-corrected chi connectivity index (χ2v) is 7.70. The first-order chi connectivity index (χ1) is 15.5. The van der Waals surface area contributed by atoms with Gasteiger partial charge < -0.3 is 19.4 Å². The van der Waals surface area contributed by atoms with Gasteiger partial charge in [0.05, 0.1) is 30.7 Å². The smallest absolute Gasteiger partial charge is 0.251 e. The van der Waals surface area contributed by atoms with Crippen molar-refractivity contribution in [3.63, 3.8) is 0 Å². The second kappa shape index (κ2) is 9.56. The number of amides is 1. The van der Waals surface area contributed by atoms with Crippen LogP contribution in [0.25, 0.3) is 11.0 Å². The first-order valence-electron chi connectivity index (χ1n) is 10.6. The van der Waals surface area contributed by atoms with Gasteiger partial charge in [-0.25, -0.2) is 4.98 Å². The molecule has 32 heavy (non-hydrogen) atoms. The summed E-state index contributed by atoms with van der Waals surface area (Å²) in [6.07, 6.45) is 0. The van der Waals surface area contributed by atoms with Crippen LogP contribution in [0, 0.1) is 6.92 Å². The van der Waals surface area contributed by atoms with Crippen LogP contribution in [0.4, 0.5) is 0 Å². The normalized spacial score (nSPS) is 11.8. The van der Waals surface area contributed by atoms with Gasteiger partial charge in [0.15, 0.2) is 0 Å². The van der Waals surface area contributed by atoms with Gasteiger partial charge in [-0.2, -0.15) is 0 Å². The van der Waals surface area contributed by atoms with E-state index in [9.17, 15) is 4.79 Å². The summed E-state index contributed by atoms with van der Waals surface area (Å²) in [5, 5.41) is 3.06. The minimum Gasteiger partial charge on any atom is -0.497 e. The Kier molecular flexibility index (Phi) is 6.40. The molecule has 3 aromatic carbocycles. The first-order valence-corrected chi connectivity index (χ1v) is 10.6. The number of hydrogen-bond acceptors (Lipinski definition) is 4. The molecule has 4 aromatic rings. The molecule has 1 heterocycles. The summed E-state index contributed by atoms with van der Waals surface area (Å²) in [7, 11) is 1.60. The number of fused-ring (bicyclic) bond motifs is 1. The summed E-state index contributed by atoms with van der Waals surface area (Å²) in [6.45, 7) is 5.11. The first kappa shape index (κ1) is 21.4. The van der Waals surface area contributed by atoms with Crippen LogP contribution in [0.2, 0.25) is 0 Å². The average Bonchev–Trinajstić information content (AvgIpc) is 3.19. The van der Waals surface area contributed by atoms with Crippen molar-refractivity contribution in [1.29, 1.82) is 0 Å². The zero-order valence-corrected chi connectivity index (χ0v) is 18.5. The molecule has 1 unspecified atom stereocenters. The summed E-state index contributed by atoms with van der Waals surface area (Å²) in [6, 6.07) is 22.8. The van der Waals surface area contributed by atoms with Crippen LogP contribution in [-0.4, -0.2) is 29.2 Å². The molecule has 164 valence electrons. The second-order valence-electron chi connectivity index (χ2n) is 7.70. The van der Waals surface area contributed by atoms with Gasteiger partial charge in [-0.3, -0.25) is 4.79 Å². The molecular weight excluding hydrogens is 402 g/mol. The molecule has 4 rings (SSSR count). The van der Waals surface area contributed by atoms with Crippen molar-refractivity contribution in [3.05, 3.63) is 89.7 Å². The van der Waals surface area contributed by atoms with E-state index >= 15 is 0 Å². The van der Waals surface area contributed by atoms with Crippen LogP contribution in [0.1, 0.15) is 34.7 Å². The number of carbonyl (C=O) groups excluding carboxylic acids is 1. The van der Waals surface area contributed by atoms with Gasteiger partial charge in [-0.05, 0) is 62.4 Å². The summed E-state index contributed by atoms with van der Waals surface area (Å²) < 4.78 is 13.2. The third kappa shape index (κ3) is 4.75. The molecule has 0 saturated heterocycles. The minimum absolute atomic E-state index is 0.158. The lowest BCUT2D eigenvalue weighted by Crippen LogP contribution is -2.29. The maximum absolute atomic E-state index is 12.8. The maximum Gasteiger partial charge on any atom is 0.251 e. The maximum atomic E-state index is 12.8. The van der Waals surface area contributed by atoms with E-state index in [-0.39, 0.29) is 11.9 Å². The zero-order chi connectivity index (χ0) is 22.5. The molecule has 0 fully saturated rings. The molecule has 6 heteroatoms. The van der Waals surface area contributed by atoms with Crippen LogP contribution < -0.4 is 14.8 Å². The topological polar surface area (TPSA) is 65.4 Å². The lowest BCUT2D eigenvalue weighted by Gasteiger charge is -2.17. The number of ether oxygens (including phenoxy) is 2. The Morgan fingerprint density at radius 1 is 1.00 bits per heavy atom. The van der Waals surface area contributed by atoms with Gasteiger partial charge >= 0.3 is 0 Å². The number of aromatic nitrogens is 2. The van der Waals surface area contributed by atoms with E-state index < -0.39 is 0 Å². The van der Waals surface area contributed by atoms with E-state index in [1.807, 2.05) is 55.5 Å². The molecule has 1 amide bonds. The summed E-state index contributed by atoms with van der Waals surface area (Å²) in [5.74, 6) is 2.18. The van der Waals surface area contributed by atoms with E-state index in [0.717, 1.165) is 22.6 Å². The van der Waals surface area contributed by atoms with Crippen molar-refractivity contribution in [2.75, 3.05) is 13.7 Å². The monoisotopic (exact) mass is 429 g/mol. The third-order valence-electron chi connectivity index (χ3n) is 5.38. The highest BCUT2D eigenvalue weighted by Gasteiger charge is 2.19. The number of imidazole rings is 1. The lowest BCUT2D eigenvalue weighted by molar-refractivity contribution is 0.0937. The number of nitrogens with zero attached hydrogens (tertiary/aromatic N) is 2. The van der Waals surface area contributed by atoms with Crippen molar-refractivity contribution in [1.82, 2.24) is 14.9 Å². The van der Waals surface area contributed by atoms with Crippen molar-refractivity contribution in [3.8, 4) is 11.5 Å². The van der Waals surface area contributed by atoms with Crippen LogP contribution in [0.15, 0.2) is 72.8 Å². The number of aryl methyl sites for hydroxylation is 1. The number of benzene rings is 3. The molecule has 0 aliphatic carbocycles. The molecule has 0 aliphatic rings. The molecule has 6 nitrogen and oxygen atoms in total. The third-order valence-corrected chi connectivity index (χ3v) is 5.38. The molecule has 0 saturated carbocycles. The molecule has 0 aliphatic heterocycles. The Balaban J connectivity index is 1.51. The summed E-state index contributed by atoms with van der Waals surface area (Å²) >= 11 is 0. The van der Waals surface area contributed by atoms with Crippen molar-refractivity contribution in [2.45, 2.75) is 26.4 Å². The molecular formula is C26H27N3O3. The van der Waals surface area contributed by atoms with Crippen LogP contribution in [-0.2, 0) is 6.54 Å². The Labute approximate surface area is 187 Å². The lowest BCUT2D eigenvalue weighted by atomic mass is 10.2. The fourth-order valence-corrected chi connectivity index (χ4v) is 3.64. The molecule has 1 aromatic heterocycles. The van der Waals surface area contributed by atoms with Crippen molar-refractivity contribution >= 4 is 16.9 Å². The SMILES string of the molecule is COc1ccc(C(=O)NC(C)c2nc3ccccc3n2CCOc2ccc(C)cc2)cc1. The number of nitrogens with one attached hydrogen (secondary N) is 1. The van der Waals surface area contributed by atoms with E-state index in [4.69, 9.17) is 14.5 Å². The number of methoxy groups -OCH3 is 1. The van der Waals surface area contributed by atoms with E-state index in [2.05, 4.69) is 16.8 Å². The van der Waals surface area contributed by atoms with Gasteiger partial charge in [0, 0.05) is 5.56 Å². The Bertz CT molecular complexity index is 1200. The van der Waals surface area contributed by atoms with Crippen LogP contribution in [0.3, 0.4) is 0 Å². The fraction of sp³-hybridized carbons (Fsp3) is 0.231. The highest BCUT2D eigenvalue weighted by Crippen LogP contribution is 2.22. The highest BCUT2D eigenvalue weighted by atomic mass is 16.5. The van der Waals surface area contributed by atoms with Crippen molar-refractivity contribution in [2.24, 2.45) is 0 Å². The average molecular weight is 430 g/mol. The Morgan fingerprint density at radius 3 is 2.41 bits per heavy atom. The Hall–Kier alpha value is -3.80. The van der Waals surface area contributed by atoms with Gasteiger partial charge in [0.1, 0.15) is 23.9 Å². The minimum atomic E-state index is -0.281. The molecule has 0 radical (unpaired) electrons. The van der Waals surface area contributed by atoms with Gasteiger partial charge in [-0.1, -0.05) is 29.8 Å². The molecule has 0 spiro atoms. The predicted molar refractivity (Wildman–Crippen MR) is 125 cm³/mol. The van der Waals surface area contributed by atoms with Crippen LogP contribution in [0.5, 0.6) is 11.5 Å². The van der Waals surface area contributed by atoms with Gasteiger partial charge in [0.2, 0.25) is 0 Å². The van der Waals surface area contributed by atoms with E-state index in [1.54, 1.807) is 31.4 Å². The fourth-order valence-electron chi connectivity index (χ4n) is 3.64. The van der Waals surface area contributed by atoms with Gasteiger partial charge in [0.25, 0.3) is 5.91 Å². The van der Waals surface area contributed by atoms with Gasteiger partial charge in [-0.15, -0.1) is 0 Å². The summed E-state index contributed by atoms with van der Waals surface area (Å²) in [4.78, 5) is 17.6. The zero-order valence-electron chi connectivity index (χ0n) is 18.5.